The average Bonchev–Trinajstić information content (AvgIpc) is 3.13. The summed E-state index contributed by atoms with van der Waals surface area (Å²) in [6.45, 7) is 1.77. The van der Waals surface area contributed by atoms with E-state index in [1.165, 1.54) is 34.9 Å². The van der Waals surface area contributed by atoms with Crippen molar-refractivity contribution in [3.8, 4) is 0 Å². The molecule has 4 N–H and O–H groups in total. The average molecular weight is 266 g/mol. The molecule has 0 radical (unpaired) electrons. The number of hydrogen-bond acceptors (Lipinski definition) is 5. The third-order valence-electron chi connectivity index (χ3n) is 3.91. The Balaban J connectivity index is 1.74. The Bertz CT molecular complexity index is 461. The summed E-state index contributed by atoms with van der Waals surface area (Å²) in [6.07, 6.45) is 4.15. The summed E-state index contributed by atoms with van der Waals surface area (Å²) in [4.78, 5) is 13.5. The molecule has 0 unspecified atom stereocenters. The van der Waals surface area contributed by atoms with Gasteiger partial charge in [-0.2, -0.15) is 4.37 Å². The summed E-state index contributed by atoms with van der Waals surface area (Å²) < 4.78 is 4.29. The highest BCUT2D eigenvalue weighted by Gasteiger charge is 2.33. The molecule has 1 saturated heterocycles. The molecule has 1 aliphatic heterocycles. The normalized spacial score (nSPS) is 21.2. The first-order valence-corrected chi connectivity index (χ1v) is 7.23. The fourth-order valence-corrected chi connectivity index (χ4v) is 3.60. The quantitative estimate of drug-likeness (QED) is 0.863. The zero-order chi connectivity index (χ0) is 12.7. The number of carbonyl (C=O) groups is 1. The number of carbonyl (C=O) groups excluding carboxylic acids is 1. The van der Waals surface area contributed by atoms with Crippen LogP contribution in [0.5, 0.6) is 0 Å². The van der Waals surface area contributed by atoms with Gasteiger partial charge in [-0.1, -0.05) is 0 Å². The number of hydrogen-bond donors (Lipinski definition) is 2. The van der Waals surface area contributed by atoms with Crippen molar-refractivity contribution in [1.29, 1.82) is 0 Å². The van der Waals surface area contributed by atoms with E-state index in [4.69, 9.17) is 11.5 Å². The third kappa shape index (κ3) is 2.05. The topological polar surface area (TPSA) is 85.2 Å². The standard InChI is InChI=1S/C12H18N4OS/c13-10-9(7-1-2-7)12(18-15-10)16-5-3-8(4-6-16)11(14)17/h7-8H,1-6H2,(H2,13,15)(H2,14,17). The minimum absolute atomic E-state index is 0.0379. The first-order valence-electron chi connectivity index (χ1n) is 6.46. The lowest BCUT2D eigenvalue weighted by molar-refractivity contribution is -0.122. The molecule has 0 atom stereocenters. The van der Waals surface area contributed by atoms with Gasteiger partial charge in [0.1, 0.15) is 10.8 Å². The summed E-state index contributed by atoms with van der Waals surface area (Å²) in [5, 5.41) is 1.22. The number of anilines is 2. The van der Waals surface area contributed by atoms with Gasteiger partial charge in [0.2, 0.25) is 5.91 Å². The number of piperidine rings is 1. The van der Waals surface area contributed by atoms with Gasteiger partial charge in [0.05, 0.1) is 0 Å². The van der Waals surface area contributed by atoms with Crippen molar-refractivity contribution in [3.63, 3.8) is 0 Å². The highest BCUT2D eigenvalue weighted by atomic mass is 32.1. The van der Waals surface area contributed by atoms with E-state index in [0.717, 1.165) is 25.9 Å². The van der Waals surface area contributed by atoms with Crippen molar-refractivity contribution < 1.29 is 4.79 Å². The van der Waals surface area contributed by atoms with Crippen molar-refractivity contribution in [2.24, 2.45) is 11.7 Å². The Morgan fingerprint density at radius 2 is 1.94 bits per heavy atom. The van der Waals surface area contributed by atoms with Crippen LogP contribution in [-0.2, 0) is 4.79 Å². The van der Waals surface area contributed by atoms with Crippen molar-refractivity contribution in [2.45, 2.75) is 31.6 Å². The fraction of sp³-hybridized carbons (Fsp3) is 0.667. The Kier molecular flexibility index (Phi) is 2.89. The Morgan fingerprint density at radius 3 is 2.50 bits per heavy atom. The smallest absolute Gasteiger partial charge is 0.220 e. The molecule has 0 bridgehead atoms. The van der Waals surface area contributed by atoms with Gasteiger partial charge in [0.15, 0.2) is 0 Å². The lowest BCUT2D eigenvalue weighted by Crippen LogP contribution is -2.38. The molecule has 2 aliphatic rings. The van der Waals surface area contributed by atoms with Crippen LogP contribution >= 0.6 is 11.5 Å². The monoisotopic (exact) mass is 266 g/mol. The van der Waals surface area contributed by atoms with Crippen molar-refractivity contribution >= 4 is 28.3 Å². The summed E-state index contributed by atoms with van der Waals surface area (Å²) >= 11 is 1.50. The van der Waals surface area contributed by atoms with Gasteiger partial charge in [-0.25, -0.2) is 0 Å². The highest BCUT2D eigenvalue weighted by Crippen LogP contribution is 2.49. The van der Waals surface area contributed by atoms with Crippen LogP contribution < -0.4 is 16.4 Å². The predicted molar refractivity (Wildman–Crippen MR) is 72.6 cm³/mol. The number of primary amides is 1. The minimum Gasteiger partial charge on any atom is -0.383 e. The molecule has 1 aromatic rings. The highest BCUT2D eigenvalue weighted by molar-refractivity contribution is 7.10. The molecule has 1 amide bonds. The SMILES string of the molecule is NC(=O)C1CCN(c2snc(N)c2C2CC2)CC1. The van der Waals surface area contributed by atoms with Crippen LogP contribution in [0.2, 0.25) is 0 Å². The minimum atomic E-state index is -0.166. The molecule has 5 nitrogen and oxygen atoms in total. The Morgan fingerprint density at radius 1 is 1.28 bits per heavy atom. The van der Waals surface area contributed by atoms with E-state index in [2.05, 4.69) is 9.27 Å². The molecule has 0 spiro atoms. The van der Waals surface area contributed by atoms with Gasteiger partial charge in [0, 0.05) is 24.6 Å². The lowest BCUT2D eigenvalue weighted by atomic mass is 9.96. The Labute approximate surface area is 110 Å². The number of amides is 1. The van der Waals surface area contributed by atoms with E-state index in [1.54, 1.807) is 0 Å². The second-order valence-corrected chi connectivity index (χ2v) is 5.98. The van der Waals surface area contributed by atoms with E-state index < -0.39 is 0 Å². The van der Waals surface area contributed by atoms with E-state index in [9.17, 15) is 4.79 Å². The summed E-state index contributed by atoms with van der Waals surface area (Å²) in [5.74, 6) is 1.19. The van der Waals surface area contributed by atoms with Gasteiger partial charge in [-0.3, -0.25) is 4.79 Å². The lowest BCUT2D eigenvalue weighted by Gasteiger charge is -2.31. The van der Waals surface area contributed by atoms with E-state index in [0.29, 0.717) is 11.7 Å². The molecule has 18 heavy (non-hydrogen) atoms. The van der Waals surface area contributed by atoms with Crippen molar-refractivity contribution in [1.82, 2.24) is 4.37 Å². The van der Waals surface area contributed by atoms with Crippen LogP contribution in [0.15, 0.2) is 0 Å². The number of nitrogen functional groups attached to an aromatic ring is 1. The predicted octanol–water partition coefficient (Wildman–Crippen LogP) is 1.30. The number of rotatable bonds is 3. The first kappa shape index (κ1) is 11.8. The van der Waals surface area contributed by atoms with Gasteiger partial charge >= 0.3 is 0 Å². The van der Waals surface area contributed by atoms with Crippen LogP contribution in [0.25, 0.3) is 0 Å². The zero-order valence-corrected chi connectivity index (χ0v) is 11.1. The number of nitrogens with two attached hydrogens (primary N) is 2. The zero-order valence-electron chi connectivity index (χ0n) is 10.3. The molecular formula is C12H18N4OS. The number of aromatic nitrogens is 1. The summed E-state index contributed by atoms with van der Waals surface area (Å²) in [6, 6.07) is 0. The van der Waals surface area contributed by atoms with Crippen LogP contribution in [0.1, 0.15) is 37.2 Å². The van der Waals surface area contributed by atoms with Gasteiger partial charge in [-0.05, 0) is 43.1 Å². The molecule has 3 rings (SSSR count). The maximum absolute atomic E-state index is 11.2. The maximum Gasteiger partial charge on any atom is 0.220 e. The molecule has 6 heteroatoms. The Hall–Kier alpha value is -1.30. The van der Waals surface area contributed by atoms with E-state index >= 15 is 0 Å². The van der Waals surface area contributed by atoms with Gasteiger partial charge in [-0.15, -0.1) is 0 Å². The van der Waals surface area contributed by atoms with Crippen LogP contribution in [0.3, 0.4) is 0 Å². The molecular weight excluding hydrogens is 248 g/mol. The van der Waals surface area contributed by atoms with Gasteiger partial charge < -0.3 is 16.4 Å². The summed E-state index contributed by atoms with van der Waals surface area (Å²) in [5.41, 5.74) is 12.6. The third-order valence-corrected chi connectivity index (χ3v) is 4.85. The van der Waals surface area contributed by atoms with Crippen LogP contribution in [0, 0.1) is 5.92 Å². The molecule has 2 fully saturated rings. The largest absolute Gasteiger partial charge is 0.383 e. The molecule has 1 aromatic heterocycles. The van der Waals surface area contributed by atoms with Crippen molar-refractivity contribution in [2.75, 3.05) is 23.7 Å². The first-order chi connectivity index (χ1) is 8.66. The molecule has 2 heterocycles. The second kappa shape index (κ2) is 4.42. The summed E-state index contributed by atoms with van der Waals surface area (Å²) in [7, 11) is 0. The molecule has 98 valence electrons. The van der Waals surface area contributed by atoms with E-state index in [1.807, 2.05) is 0 Å². The van der Waals surface area contributed by atoms with Crippen molar-refractivity contribution in [3.05, 3.63) is 5.56 Å². The second-order valence-electron chi connectivity index (χ2n) is 5.22. The fourth-order valence-electron chi connectivity index (χ4n) is 2.65. The maximum atomic E-state index is 11.2. The van der Waals surface area contributed by atoms with Crippen LogP contribution in [0.4, 0.5) is 10.8 Å². The van der Waals surface area contributed by atoms with Crippen LogP contribution in [-0.4, -0.2) is 23.4 Å². The molecule has 1 saturated carbocycles. The van der Waals surface area contributed by atoms with E-state index in [-0.39, 0.29) is 11.8 Å². The number of nitrogens with zero attached hydrogens (tertiary/aromatic N) is 2. The molecule has 0 aromatic carbocycles. The van der Waals surface area contributed by atoms with Gasteiger partial charge in [0.25, 0.3) is 0 Å². The molecule has 1 aliphatic carbocycles.